The molecule has 4 N–H and O–H groups in total. The molecule has 0 aromatic carbocycles. The highest BCUT2D eigenvalue weighted by molar-refractivity contribution is 5.75. The summed E-state index contributed by atoms with van der Waals surface area (Å²) in [4.78, 5) is 11.2. The van der Waals surface area contributed by atoms with Gasteiger partial charge in [-0.25, -0.2) is 0 Å². The summed E-state index contributed by atoms with van der Waals surface area (Å²) in [5.41, 5.74) is 5.08. The Hall–Kier alpha value is -0.610. The van der Waals surface area contributed by atoms with E-state index >= 15 is 0 Å². The van der Waals surface area contributed by atoms with Crippen LogP contribution in [0.5, 0.6) is 0 Å². The summed E-state index contributed by atoms with van der Waals surface area (Å²) in [5, 5.41) is 11.7. The van der Waals surface area contributed by atoms with Crippen LogP contribution in [0.4, 0.5) is 0 Å². The zero-order valence-electron chi connectivity index (χ0n) is 9.18. The lowest BCUT2D eigenvalue weighted by molar-refractivity contribution is -0.121. The van der Waals surface area contributed by atoms with Crippen molar-refractivity contribution in [3.8, 4) is 0 Å². The Labute approximate surface area is 85.9 Å². The Bertz CT molecular complexity index is 170. The molecule has 84 valence electrons. The maximum absolute atomic E-state index is 11.2. The SMILES string of the molecule is CC(C)(CO)CNC(=O)CCCCN. The van der Waals surface area contributed by atoms with E-state index in [9.17, 15) is 4.79 Å². The van der Waals surface area contributed by atoms with E-state index in [-0.39, 0.29) is 17.9 Å². The van der Waals surface area contributed by atoms with Crippen LogP contribution in [0.1, 0.15) is 33.1 Å². The molecule has 0 rings (SSSR count). The van der Waals surface area contributed by atoms with E-state index < -0.39 is 0 Å². The standard InChI is InChI=1S/C10H22N2O2/c1-10(2,8-13)7-12-9(14)5-3-4-6-11/h13H,3-8,11H2,1-2H3,(H,12,14). The van der Waals surface area contributed by atoms with E-state index in [1.165, 1.54) is 0 Å². The Kier molecular flexibility index (Phi) is 6.49. The number of aliphatic hydroxyl groups is 1. The number of rotatable bonds is 7. The second-order valence-corrected chi connectivity index (χ2v) is 4.34. The second kappa shape index (κ2) is 6.79. The highest BCUT2D eigenvalue weighted by Crippen LogP contribution is 2.11. The minimum atomic E-state index is -0.233. The first-order valence-electron chi connectivity index (χ1n) is 5.09. The number of hydrogen-bond donors (Lipinski definition) is 3. The maximum atomic E-state index is 11.2. The molecule has 4 nitrogen and oxygen atoms in total. The van der Waals surface area contributed by atoms with Gasteiger partial charge in [-0.1, -0.05) is 13.8 Å². The molecular weight excluding hydrogens is 180 g/mol. The van der Waals surface area contributed by atoms with Crippen LogP contribution in [0.2, 0.25) is 0 Å². The fourth-order valence-corrected chi connectivity index (χ4v) is 0.912. The molecule has 0 aliphatic heterocycles. The van der Waals surface area contributed by atoms with Gasteiger partial charge in [0.15, 0.2) is 0 Å². The van der Waals surface area contributed by atoms with Crippen LogP contribution in [0, 0.1) is 5.41 Å². The normalized spacial score (nSPS) is 11.4. The minimum absolute atomic E-state index is 0.0416. The van der Waals surface area contributed by atoms with Gasteiger partial charge >= 0.3 is 0 Å². The van der Waals surface area contributed by atoms with Crippen LogP contribution in [0.25, 0.3) is 0 Å². The van der Waals surface area contributed by atoms with Crippen LogP contribution >= 0.6 is 0 Å². The van der Waals surface area contributed by atoms with Crippen molar-refractivity contribution in [2.75, 3.05) is 19.7 Å². The number of nitrogens with two attached hydrogens (primary N) is 1. The molecule has 0 heterocycles. The lowest BCUT2D eigenvalue weighted by Gasteiger charge is -2.21. The molecule has 0 bridgehead atoms. The fourth-order valence-electron chi connectivity index (χ4n) is 0.912. The van der Waals surface area contributed by atoms with Crippen molar-refractivity contribution in [3.05, 3.63) is 0 Å². The Balaban J connectivity index is 3.53. The van der Waals surface area contributed by atoms with Crippen molar-refractivity contribution in [3.63, 3.8) is 0 Å². The summed E-state index contributed by atoms with van der Waals surface area (Å²) >= 11 is 0. The molecular formula is C10H22N2O2. The number of hydrogen-bond acceptors (Lipinski definition) is 3. The first-order chi connectivity index (χ1) is 6.52. The topological polar surface area (TPSA) is 75.3 Å². The number of nitrogens with one attached hydrogen (secondary N) is 1. The number of carbonyl (C=O) groups is 1. The smallest absolute Gasteiger partial charge is 0.220 e. The average molecular weight is 202 g/mol. The molecule has 0 saturated heterocycles. The second-order valence-electron chi connectivity index (χ2n) is 4.34. The zero-order chi connectivity index (χ0) is 11.0. The van der Waals surface area contributed by atoms with Gasteiger partial charge in [-0.15, -0.1) is 0 Å². The van der Waals surface area contributed by atoms with Gasteiger partial charge in [-0.05, 0) is 19.4 Å². The van der Waals surface area contributed by atoms with E-state index in [1.807, 2.05) is 13.8 Å². The van der Waals surface area contributed by atoms with Crippen molar-refractivity contribution in [1.29, 1.82) is 0 Å². The van der Waals surface area contributed by atoms with Crippen molar-refractivity contribution in [1.82, 2.24) is 5.32 Å². The summed E-state index contributed by atoms with van der Waals surface area (Å²) in [6.45, 7) is 5.05. The zero-order valence-corrected chi connectivity index (χ0v) is 9.18. The van der Waals surface area contributed by atoms with Gasteiger partial charge in [0.1, 0.15) is 0 Å². The van der Waals surface area contributed by atoms with Gasteiger partial charge in [-0.2, -0.15) is 0 Å². The number of unbranched alkanes of at least 4 members (excludes halogenated alkanes) is 1. The Morgan fingerprint density at radius 1 is 1.43 bits per heavy atom. The Morgan fingerprint density at radius 2 is 2.07 bits per heavy atom. The lowest BCUT2D eigenvalue weighted by Crippen LogP contribution is -2.35. The van der Waals surface area contributed by atoms with Crippen LogP contribution in [0.15, 0.2) is 0 Å². The van der Waals surface area contributed by atoms with Gasteiger partial charge in [0.25, 0.3) is 0 Å². The van der Waals surface area contributed by atoms with Gasteiger partial charge in [0.2, 0.25) is 5.91 Å². The predicted molar refractivity (Wildman–Crippen MR) is 56.8 cm³/mol. The van der Waals surface area contributed by atoms with Crippen LogP contribution in [-0.4, -0.2) is 30.7 Å². The summed E-state index contributed by atoms with van der Waals surface area (Å²) in [6.07, 6.45) is 2.25. The van der Waals surface area contributed by atoms with E-state index in [2.05, 4.69) is 5.32 Å². The van der Waals surface area contributed by atoms with Gasteiger partial charge in [0, 0.05) is 25.0 Å². The number of aliphatic hydroxyl groups excluding tert-OH is 1. The van der Waals surface area contributed by atoms with E-state index in [4.69, 9.17) is 10.8 Å². The first kappa shape index (κ1) is 13.4. The molecule has 1 amide bonds. The van der Waals surface area contributed by atoms with Crippen molar-refractivity contribution < 1.29 is 9.90 Å². The minimum Gasteiger partial charge on any atom is -0.396 e. The van der Waals surface area contributed by atoms with Crippen LogP contribution in [-0.2, 0) is 4.79 Å². The van der Waals surface area contributed by atoms with E-state index in [1.54, 1.807) is 0 Å². The molecule has 0 spiro atoms. The maximum Gasteiger partial charge on any atom is 0.220 e. The van der Waals surface area contributed by atoms with Crippen LogP contribution in [0.3, 0.4) is 0 Å². The van der Waals surface area contributed by atoms with Gasteiger partial charge < -0.3 is 16.2 Å². The van der Waals surface area contributed by atoms with Gasteiger partial charge in [-0.3, -0.25) is 4.79 Å². The monoisotopic (exact) mass is 202 g/mol. The average Bonchev–Trinajstić information content (AvgIpc) is 2.16. The number of amides is 1. The predicted octanol–water partition coefficient (Wildman–Crippen LogP) is 0.250. The lowest BCUT2D eigenvalue weighted by atomic mass is 9.95. The molecule has 0 fully saturated rings. The third-order valence-corrected chi connectivity index (χ3v) is 2.05. The fraction of sp³-hybridized carbons (Fsp3) is 0.900. The summed E-state index contributed by atoms with van der Waals surface area (Å²) < 4.78 is 0. The highest BCUT2D eigenvalue weighted by Gasteiger charge is 2.16. The largest absolute Gasteiger partial charge is 0.396 e. The molecule has 14 heavy (non-hydrogen) atoms. The molecule has 0 aliphatic rings. The quantitative estimate of drug-likeness (QED) is 0.518. The molecule has 0 radical (unpaired) electrons. The van der Waals surface area contributed by atoms with Crippen molar-refractivity contribution >= 4 is 5.91 Å². The summed E-state index contributed by atoms with van der Waals surface area (Å²) in [5.74, 6) is 0.0416. The van der Waals surface area contributed by atoms with Crippen molar-refractivity contribution in [2.45, 2.75) is 33.1 Å². The van der Waals surface area contributed by atoms with Gasteiger partial charge in [0.05, 0.1) is 0 Å². The molecule has 0 atom stereocenters. The molecule has 0 aromatic rings. The van der Waals surface area contributed by atoms with E-state index in [0.29, 0.717) is 19.5 Å². The summed E-state index contributed by atoms with van der Waals surface area (Å²) in [6, 6.07) is 0. The molecule has 0 unspecified atom stereocenters. The first-order valence-corrected chi connectivity index (χ1v) is 5.09. The van der Waals surface area contributed by atoms with E-state index in [0.717, 1.165) is 12.8 Å². The van der Waals surface area contributed by atoms with Crippen LogP contribution < -0.4 is 11.1 Å². The summed E-state index contributed by atoms with van der Waals surface area (Å²) in [7, 11) is 0. The molecule has 4 heteroatoms. The highest BCUT2D eigenvalue weighted by atomic mass is 16.3. The third kappa shape index (κ3) is 6.86. The molecule has 0 saturated carbocycles. The Morgan fingerprint density at radius 3 is 2.57 bits per heavy atom. The number of carbonyl (C=O) groups excluding carboxylic acids is 1. The van der Waals surface area contributed by atoms with Crippen molar-refractivity contribution in [2.24, 2.45) is 11.1 Å². The molecule has 0 aromatic heterocycles. The molecule has 0 aliphatic carbocycles. The third-order valence-electron chi connectivity index (χ3n) is 2.05.